The number of hydrogen-bond acceptors (Lipinski definition) is 3. The van der Waals surface area contributed by atoms with Crippen molar-refractivity contribution in [3.63, 3.8) is 0 Å². The average molecular weight is 288 g/mol. The van der Waals surface area contributed by atoms with Gasteiger partial charge >= 0.3 is 0 Å². The van der Waals surface area contributed by atoms with Crippen molar-refractivity contribution in [3.8, 4) is 0 Å². The fourth-order valence-electron chi connectivity index (χ4n) is 3.65. The monoisotopic (exact) mass is 288 g/mol. The molecule has 2 rings (SSSR count). The van der Waals surface area contributed by atoms with Crippen LogP contribution in [0.1, 0.15) is 46.0 Å². The Morgan fingerprint density at radius 3 is 2.63 bits per heavy atom. The van der Waals surface area contributed by atoms with E-state index in [1.165, 1.54) is 0 Å². The van der Waals surface area contributed by atoms with Crippen molar-refractivity contribution >= 4 is 10.0 Å². The third-order valence-corrected chi connectivity index (χ3v) is 6.51. The Morgan fingerprint density at radius 2 is 2.05 bits per heavy atom. The Hall–Kier alpha value is -0.130. The van der Waals surface area contributed by atoms with E-state index < -0.39 is 10.0 Å². The highest BCUT2D eigenvalue weighted by Gasteiger charge is 2.34. The van der Waals surface area contributed by atoms with Gasteiger partial charge in [-0.25, -0.2) is 13.1 Å². The Kier molecular flexibility index (Phi) is 5.26. The predicted octanol–water partition coefficient (Wildman–Crippen LogP) is 1.73. The molecule has 1 saturated carbocycles. The molecule has 1 saturated heterocycles. The SMILES string of the molecule is CCC1CCC(NS(=O)(=O)CC2CCCNC2)C1C. The molecule has 0 aromatic rings. The summed E-state index contributed by atoms with van der Waals surface area (Å²) in [5, 5.41) is 3.28. The standard InChI is InChI=1S/C14H28N2O2S/c1-3-13-6-7-14(11(13)2)16-19(17,18)10-12-5-4-8-15-9-12/h11-16H,3-10H2,1-2H3. The summed E-state index contributed by atoms with van der Waals surface area (Å²) in [4.78, 5) is 0. The van der Waals surface area contributed by atoms with Gasteiger partial charge in [-0.1, -0.05) is 20.3 Å². The molecule has 1 aliphatic carbocycles. The molecule has 2 aliphatic rings. The van der Waals surface area contributed by atoms with Gasteiger partial charge in [0.15, 0.2) is 0 Å². The molecule has 0 bridgehead atoms. The molecule has 19 heavy (non-hydrogen) atoms. The zero-order chi connectivity index (χ0) is 13.9. The lowest BCUT2D eigenvalue weighted by Crippen LogP contribution is -2.42. The lowest BCUT2D eigenvalue weighted by Gasteiger charge is -2.25. The molecule has 0 radical (unpaired) electrons. The Morgan fingerprint density at radius 1 is 1.26 bits per heavy atom. The molecule has 0 aromatic heterocycles. The van der Waals surface area contributed by atoms with Crippen LogP contribution in [0.15, 0.2) is 0 Å². The smallest absolute Gasteiger partial charge is 0.212 e. The summed E-state index contributed by atoms with van der Waals surface area (Å²) >= 11 is 0. The molecule has 4 atom stereocenters. The second-order valence-corrected chi connectivity index (χ2v) is 8.12. The molecule has 1 aliphatic heterocycles. The minimum absolute atomic E-state index is 0.159. The van der Waals surface area contributed by atoms with Crippen LogP contribution >= 0.6 is 0 Å². The van der Waals surface area contributed by atoms with Crippen LogP contribution in [0.4, 0.5) is 0 Å². The zero-order valence-electron chi connectivity index (χ0n) is 12.2. The van der Waals surface area contributed by atoms with Crippen molar-refractivity contribution < 1.29 is 8.42 Å². The van der Waals surface area contributed by atoms with Crippen molar-refractivity contribution in [3.05, 3.63) is 0 Å². The highest BCUT2D eigenvalue weighted by atomic mass is 32.2. The molecule has 2 N–H and O–H groups in total. The fourth-order valence-corrected chi connectivity index (χ4v) is 5.44. The van der Waals surface area contributed by atoms with Crippen LogP contribution in [0, 0.1) is 17.8 Å². The van der Waals surface area contributed by atoms with Gasteiger partial charge in [-0.05, 0) is 56.5 Å². The second-order valence-electron chi connectivity index (χ2n) is 6.32. The molecule has 1 heterocycles. The zero-order valence-corrected chi connectivity index (χ0v) is 13.0. The third kappa shape index (κ3) is 4.17. The van der Waals surface area contributed by atoms with E-state index in [9.17, 15) is 8.42 Å². The van der Waals surface area contributed by atoms with Gasteiger partial charge in [-0.3, -0.25) is 0 Å². The van der Waals surface area contributed by atoms with Crippen molar-refractivity contribution in [2.45, 2.75) is 52.0 Å². The molecular weight excluding hydrogens is 260 g/mol. The van der Waals surface area contributed by atoms with Gasteiger partial charge in [0.1, 0.15) is 0 Å². The number of rotatable bonds is 5. The largest absolute Gasteiger partial charge is 0.316 e. The van der Waals surface area contributed by atoms with Crippen molar-refractivity contribution in [1.82, 2.24) is 10.0 Å². The molecule has 4 nitrogen and oxygen atoms in total. The van der Waals surface area contributed by atoms with Crippen LogP contribution in [0.2, 0.25) is 0 Å². The van der Waals surface area contributed by atoms with Gasteiger partial charge in [0.25, 0.3) is 0 Å². The molecule has 0 spiro atoms. The highest BCUT2D eigenvalue weighted by molar-refractivity contribution is 7.89. The maximum absolute atomic E-state index is 12.3. The Balaban J connectivity index is 1.86. The van der Waals surface area contributed by atoms with Crippen LogP contribution in [0.3, 0.4) is 0 Å². The predicted molar refractivity (Wildman–Crippen MR) is 78.5 cm³/mol. The van der Waals surface area contributed by atoms with E-state index in [0.29, 0.717) is 17.6 Å². The van der Waals surface area contributed by atoms with Crippen molar-refractivity contribution in [2.24, 2.45) is 17.8 Å². The summed E-state index contributed by atoms with van der Waals surface area (Å²) in [7, 11) is -3.12. The topological polar surface area (TPSA) is 58.2 Å². The summed E-state index contributed by atoms with van der Waals surface area (Å²) in [5.74, 6) is 1.73. The molecule has 2 fully saturated rings. The van der Waals surface area contributed by atoms with Gasteiger partial charge in [-0.15, -0.1) is 0 Å². The Bertz CT molecular complexity index is 377. The van der Waals surface area contributed by atoms with E-state index in [0.717, 1.165) is 45.2 Å². The Labute approximate surface area is 117 Å². The first kappa shape index (κ1) is 15.3. The van der Waals surface area contributed by atoms with Crippen molar-refractivity contribution in [2.75, 3.05) is 18.8 Å². The quantitative estimate of drug-likeness (QED) is 0.810. The number of nitrogens with one attached hydrogen (secondary N) is 2. The number of sulfonamides is 1. The van der Waals surface area contributed by atoms with Crippen LogP contribution < -0.4 is 10.0 Å². The van der Waals surface area contributed by atoms with E-state index in [-0.39, 0.29) is 12.0 Å². The van der Waals surface area contributed by atoms with Gasteiger partial charge in [-0.2, -0.15) is 0 Å². The van der Waals surface area contributed by atoms with Crippen molar-refractivity contribution in [1.29, 1.82) is 0 Å². The maximum Gasteiger partial charge on any atom is 0.212 e. The minimum Gasteiger partial charge on any atom is -0.316 e. The van der Waals surface area contributed by atoms with E-state index in [1.807, 2.05) is 0 Å². The third-order valence-electron chi connectivity index (χ3n) is 4.94. The van der Waals surface area contributed by atoms with Gasteiger partial charge in [0, 0.05) is 6.04 Å². The molecular formula is C14H28N2O2S. The molecule has 112 valence electrons. The first-order valence-corrected chi connectivity index (χ1v) is 9.37. The van der Waals surface area contributed by atoms with E-state index in [4.69, 9.17) is 0 Å². The van der Waals surface area contributed by atoms with E-state index in [2.05, 4.69) is 23.9 Å². The summed E-state index contributed by atoms with van der Waals surface area (Å²) in [6.45, 7) is 6.27. The first-order chi connectivity index (χ1) is 9.02. The van der Waals surface area contributed by atoms with Gasteiger partial charge < -0.3 is 5.32 Å². The maximum atomic E-state index is 12.3. The summed E-state index contributed by atoms with van der Waals surface area (Å²) in [5.41, 5.74) is 0. The minimum atomic E-state index is -3.12. The van der Waals surface area contributed by atoms with E-state index >= 15 is 0 Å². The fraction of sp³-hybridized carbons (Fsp3) is 1.00. The second kappa shape index (κ2) is 6.55. The molecule has 0 amide bonds. The highest BCUT2D eigenvalue weighted by Crippen LogP contribution is 2.34. The first-order valence-electron chi connectivity index (χ1n) is 7.72. The molecule has 0 aromatic carbocycles. The summed E-state index contributed by atoms with van der Waals surface area (Å²) in [6.07, 6.45) is 5.45. The van der Waals surface area contributed by atoms with E-state index in [1.54, 1.807) is 0 Å². The lowest BCUT2D eigenvalue weighted by molar-refractivity contribution is 0.365. The lowest BCUT2D eigenvalue weighted by atomic mass is 9.94. The van der Waals surface area contributed by atoms with Crippen LogP contribution in [-0.4, -0.2) is 33.3 Å². The van der Waals surface area contributed by atoms with Gasteiger partial charge in [0.2, 0.25) is 10.0 Å². The van der Waals surface area contributed by atoms with Crippen LogP contribution in [0.25, 0.3) is 0 Å². The molecule has 5 heteroatoms. The number of piperidine rings is 1. The summed E-state index contributed by atoms with van der Waals surface area (Å²) in [6, 6.07) is 0.159. The normalized spacial score (nSPS) is 36.5. The average Bonchev–Trinajstić information content (AvgIpc) is 2.70. The molecule has 4 unspecified atom stereocenters. The van der Waals surface area contributed by atoms with Crippen LogP contribution in [-0.2, 0) is 10.0 Å². The van der Waals surface area contributed by atoms with Gasteiger partial charge in [0.05, 0.1) is 5.75 Å². The summed E-state index contributed by atoms with van der Waals surface area (Å²) < 4.78 is 27.5. The van der Waals surface area contributed by atoms with Crippen LogP contribution in [0.5, 0.6) is 0 Å². The number of hydrogen-bond donors (Lipinski definition) is 2.